The lowest BCUT2D eigenvalue weighted by Gasteiger charge is -2.19. The number of benzene rings is 2. The van der Waals surface area contributed by atoms with Gasteiger partial charge in [0.05, 0.1) is 20.7 Å². The maximum Gasteiger partial charge on any atom is 0.416 e. The van der Waals surface area contributed by atoms with Crippen LogP contribution < -0.4 is 0 Å². The Morgan fingerprint density at radius 3 is 2.54 bits per heavy atom. The highest BCUT2D eigenvalue weighted by molar-refractivity contribution is 8.02. The van der Waals surface area contributed by atoms with Crippen molar-refractivity contribution >= 4 is 39.0 Å². The first-order valence-corrected chi connectivity index (χ1v) is 9.16. The van der Waals surface area contributed by atoms with Gasteiger partial charge in [-0.05, 0) is 40.4 Å². The van der Waals surface area contributed by atoms with E-state index in [-0.39, 0.29) is 11.3 Å². The third-order valence-corrected chi connectivity index (χ3v) is 6.02. The van der Waals surface area contributed by atoms with Crippen LogP contribution in [0, 0.1) is 10.1 Å². The van der Waals surface area contributed by atoms with Crippen molar-refractivity contribution in [2.75, 3.05) is 0 Å². The second kappa shape index (κ2) is 6.60. The summed E-state index contributed by atoms with van der Waals surface area (Å²) in [6.07, 6.45) is -4.52. The molecule has 1 aromatic heterocycles. The summed E-state index contributed by atoms with van der Waals surface area (Å²) in [7, 11) is 0. The van der Waals surface area contributed by atoms with Crippen LogP contribution in [0.4, 0.5) is 18.9 Å². The van der Waals surface area contributed by atoms with Crippen molar-refractivity contribution in [3.8, 4) is 0 Å². The van der Waals surface area contributed by atoms with Crippen LogP contribution in [-0.2, 0) is 11.2 Å². The second-order valence-corrected chi connectivity index (χ2v) is 8.01. The van der Waals surface area contributed by atoms with E-state index in [1.165, 1.54) is 30.3 Å². The predicted molar refractivity (Wildman–Crippen MR) is 95.0 cm³/mol. The Balaban J connectivity index is 1.74. The molecule has 1 aliphatic heterocycles. The predicted octanol–water partition coefficient (Wildman–Crippen LogP) is 5.96. The maximum absolute atomic E-state index is 13.1. The van der Waals surface area contributed by atoms with Gasteiger partial charge in [0.2, 0.25) is 0 Å². The minimum Gasteiger partial charge on any atom is -0.258 e. The van der Waals surface area contributed by atoms with Crippen LogP contribution in [0.1, 0.15) is 11.1 Å². The molecule has 0 atom stereocenters. The highest BCUT2D eigenvalue weighted by Crippen LogP contribution is 2.49. The van der Waals surface area contributed by atoms with Crippen LogP contribution in [0.5, 0.6) is 0 Å². The SMILES string of the molecule is O=[N+]([O-])c1ccc2nc(SC3(c4cccc(C(F)(F)F)c4)N=NN=N3)sc2c1. The van der Waals surface area contributed by atoms with E-state index in [1.54, 1.807) is 0 Å². The number of nitrogens with zero attached hydrogens (tertiary/aromatic N) is 6. The number of fused-ring (bicyclic) bond motifs is 1. The molecule has 0 amide bonds. The number of hydrogen-bond donors (Lipinski definition) is 0. The molecule has 0 saturated carbocycles. The van der Waals surface area contributed by atoms with Crippen molar-refractivity contribution in [2.45, 2.75) is 15.5 Å². The number of non-ortho nitro benzene ring substituents is 1. The van der Waals surface area contributed by atoms with E-state index in [9.17, 15) is 23.3 Å². The van der Waals surface area contributed by atoms with Crippen LogP contribution >= 0.6 is 23.1 Å². The average molecular weight is 424 g/mol. The molecule has 0 fully saturated rings. The lowest BCUT2D eigenvalue weighted by Crippen LogP contribution is -2.15. The number of halogens is 3. The molecule has 2 heterocycles. The summed E-state index contributed by atoms with van der Waals surface area (Å²) in [4.78, 5) is 13.2. The second-order valence-electron chi connectivity index (χ2n) is 5.56. The Kier molecular flexibility index (Phi) is 4.34. The molecule has 0 radical (unpaired) electrons. The number of alkyl halides is 3. The molecule has 0 spiro atoms. The Hall–Kier alpha value is -2.93. The molecule has 13 heteroatoms. The monoisotopic (exact) mass is 424 g/mol. The maximum atomic E-state index is 13.1. The Labute approximate surface area is 162 Å². The zero-order valence-corrected chi connectivity index (χ0v) is 15.1. The lowest BCUT2D eigenvalue weighted by atomic mass is 10.1. The molecule has 0 unspecified atom stereocenters. The van der Waals surface area contributed by atoms with E-state index >= 15 is 0 Å². The molecule has 0 saturated heterocycles. The van der Waals surface area contributed by atoms with Crippen LogP contribution in [0.15, 0.2) is 67.5 Å². The number of aromatic nitrogens is 1. The molecule has 0 aliphatic carbocycles. The summed E-state index contributed by atoms with van der Waals surface area (Å²) >= 11 is 2.10. The van der Waals surface area contributed by atoms with Gasteiger partial charge in [0, 0.05) is 17.7 Å². The van der Waals surface area contributed by atoms with Crippen molar-refractivity contribution < 1.29 is 18.1 Å². The summed E-state index contributed by atoms with van der Waals surface area (Å²) in [6, 6.07) is 8.80. The number of hydrogen-bond acceptors (Lipinski definition) is 9. The first-order chi connectivity index (χ1) is 13.3. The van der Waals surface area contributed by atoms with Crippen molar-refractivity contribution in [1.82, 2.24) is 4.98 Å². The van der Waals surface area contributed by atoms with Gasteiger partial charge in [-0.2, -0.15) is 13.2 Å². The quantitative estimate of drug-likeness (QED) is 0.380. The number of rotatable bonds is 4. The molecule has 28 heavy (non-hydrogen) atoms. The molecule has 0 N–H and O–H groups in total. The number of thioether (sulfide) groups is 1. The van der Waals surface area contributed by atoms with Gasteiger partial charge in [-0.25, -0.2) is 4.98 Å². The Bertz CT molecular complexity index is 1130. The largest absolute Gasteiger partial charge is 0.416 e. The van der Waals surface area contributed by atoms with Gasteiger partial charge in [-0.3, -0.25) is 10.1 Å². The van der Waals surface area contributed by atoms with E-state index in [0.717, 1.165) is 35.2 Å². The van der Waals surface area contributed by atoms with Crippen molar-refractivity contribution in [1.29, 1.82) is 0 Å². The lowest BCUT2D eigenvalue weighted by molar-refractivity contribution is -0.384. The Morgan fingerprint density at radius 1 is 1.11 bits per heavy atom. The summed E-state index contributed by atoms with van der Waals surface area (Å²) in [5.41, 5.74) is -0.269. The fraction of sp³-hybridized carbons (Fsp3) is 0.133. The average Bonchev–Trinajstić information content (AvgIpc) is 3.27. The van der Waals surface area contributed by atoms with E-state index < -0.39 is 21.7 Å². The molecule has 1 aliphatic rings. The zero-order chi connectivity index (χ0) is 19.9. The van der Waals surface area contributed by atoms with E-state index in [1.807, 2.05) is 0 Å². The van der Waals surface area contributed by atoms with Crippen molar-refractivity contribution in [3.63, 3.8) is 0 Å². The van der Waals surface area contributed by atoms with Crippen molar-refractivity contribution in [2.24, 2.45) is 20.7 Å². The first-order valence-electron chi connectivity index (χ1n) is 7.53. The van der Waals surface area contributed by atoms with Crippen LogP contribution in [0.3, 0.4) is 0 Å². The van der Waals surface area contributed by atoms with Gasteiger partial charge in [-0.15, -0.1) is 21.6 Å². The molecule has 142 valence electrons. The molecule has 3 aromatic rings. The molecule has 2 aromatic carbocycles. The minimum absolute atomic E-state index is 0.0828. The molecular weight excluding hydrogens is 417 g/mol. The van der Waals surface area contributed by atoms with E-state index in [0.29, 0.717) is 14.6 Å². The minimum atomic E-state index is -4.52. The highest BCUT2D eigenvalue weighted by Gasteiger charge is 2.40. The molecular formula is C15H7F3N6O2S2. The van der Waals surface area contributed by atoms with Gasteiger partial charge >= 0.3 is 6.18 Å². The van der Waals surface area contributed by atoms with Crippen LogP contribution in [0.2, 0.25) is 0 Å². The molecule has 0 bridgehead atoms. The van der Waals surface area contributed by atoms with Crippen LogP contribution in [0.25, 0.3) is 10.2 Å². The number of thiazole rings is 1. The van der Waals surface area contributed by atoms with E-state index in [2.05, 4.69) is 25.7 Å². The normalized spacial score (nSPS) is 15.4. The van der Waals surface area contributed by atoms with Gasteiger partial charge in [0.1, 0.15) is 0 Å². The third kappa shape index (κ3) is 3.33. The topological polar surface area (TPSA) is 105 Å². The fourth-order valence-electron chi connectivity index (χ4n) is 2.47. The summed E-state index contributed by atoms with van der Waals surface area (Å²) < 4.78 is 40.2. The first kappa shape index (κ1) is 18.4. The van der Waals surface area contributed by atoms with Crippen molar-refractivity contribution in [3.05, 3.63) is 63.7 Å². The standard InChI is InChI=1S/C15H7F3N6O2S2/c16-14(17,18)8-2-1-3-9(6-8)15(20-22-23-21-15)28-13-19-11-5-4-10(24(25)26)7-12(11)27-13/h1-7H. The molecule has 8 nitrogen and oxygen atoms in total. The van der Waals surface area contributed by atoms with E-state index in [4.69, 9.17) is 0 Å². The number of nitro benzene ring substituents is 1. The smallest absolute Gasteiger partial charge is 0.258 e. The van der Waals surface area contributed by atoms with Gasteiger partial charge in [-0.1, -0.05) is 12.1 Å². The summed E-state index contributed by atoms with van der Waals surface area (Å²) in [5, 5.41) is 25.7. The van der Waals surface area contributed by atoms with Crippen LogP contribution in [-0.4, -0.2) is 9.91 Å². The van der Waals surface area contributed by atoms with Gasteiger partial charge in [0.15, 0.2) is 4.34 Å². The van der Waals surface area contributed by atoms with Gasteiger partial charge < -0.3 is 0 Å². The highest BCUT2D eigenvalue weighted by atomic mass is 32.2. The third-order valence-electron chi connectivity index (χ3n) is 3.76. The summed E-state index contributed by atoms with van der Waals surface area (Å²) in [6.45, 7) is 0. The van der Waals surface area contributed by atoms with Gasteiger partial charge in [0.25, 0.3) is 10.7 Å². The Morgan fingerprint density at radius 2 is 1.86 bits per heavy atom. The summed E-state index contributed by atoms with van der Waals surface area (Å²) in [5.74, 6) is 0. The zero-order valence-electron chi connectivity index (χ0n) is 13.5. The number of nitro groups is 1. The fourth-order valence-corrected chi connectivity index (χ4v) is 4.77. The molecule has 4 rings (SSSR count).